The van der Waals surface area contributed by atoms with Gasteiger partial charge in [0.25, 0.3) is 0 Å². The van der Waals surface area contributed by atoms with Crippen molar-refractivity contribution in [3.63, 3.8) is 0 Å². The molecule has 3 aromatic rings. The number of nitriles is 1. The molecule has 0 bridgehead atoms. The number of hydrogen-bond acceptors (Lipinski definition) is 6. The third-order valence-corrected chi connectivity index (χ3v) is 6.20. The molecule has 9 nitrogen and oxygen atoms in total. The maximum Gasteiger partial charge on any atom is 0.407 e. The maximum atomic E-state index is 13.4. The minimum Gasteiger partial charge on any atom is -0.465 e. The van der Waals surface area contributed by atoms with Crippen LogP contribution in [-0.2, 0) is 16.4 Å². The van der Waals surface area contributed by atoms with Crippen molar-refractivity contribution in [2.24, 2.45) is 5.41 Å². The number of hydrogen-bond donors (Lipinski definition) is 1. The Balaban J connectivity index is 2.17. The lowest BCUT2D eigenvalue weighted by atomic mass is 9.96. The standard InChI is InChI=1S/C22H23N5O4S/c1-22(2,3)15-26(21(28)29)14-16-12-20(32(30,31)17-8-5-4-6-9-17)27(25-16)19-10-7-11-24-18(19)13-23/h4-12H,14-15H2,1-3H3,(H,28,29). The van der Waals surface area contributed by atoms with Gasteiger partial charge in [0.1, 0.15) is 11.8 Å². The SMILES string of the molecule is CC(C)(C)CN(Cc1cc(S(=O)(=O)c2ccccc2)n(-c2cccnc2C#N)n1)C(=O)O. The first-order valence-electron chi connectivity index (χ1n) is 9.75. The Morgan fingerprint density at radius 3 is 2.47 bits per heavy atom. The lowest BCUT2D eigenvalue weighted by Crippen LogP contribution is -2.36. The van der Waals surface area contributed by atoms with E-state index in [0.717, 1.165) is 4.68 Å². The number of benzene rings is 1. The first-order valence-corrected chi connectivity index (χ1v) is 11.2. The Kier molecular flexibility index (Phi) is 6.32. The van der Waals surface area contributed by atoms with E-state index in [1.807, 2.05) is 26.8 Å². The van der Waals surface area contributed by atoms with E-state index in [9.17, 15) is 23.6 Å². The van der Waals surface area contributed by atoms with Crippen LogP contribution in [0.5, 0.6) is 0 Å². The number of pyridine rings is 1. The van der Waals surface area contributed by atoms with Gasteiger partial charge in [-0.25, -0.2) is 22.9 Å². The van der Waals surface area contributed by atoms with E-state index in [2.05, 4.69) is 10.1 Å². The number of aromatic nitrogens is 3. The second kappa shape index (κ2) is 8.80. The zero-order chi connectivity index (χ0) is 23.5. The predicted octanol–water partition coefficient (Wildman–Crippen LogP) is 3.50. The Hall–Kier alpha value is -3.71. The van der Waals surface area contributed by atoms with Crippen molar-refractivity contribution >= 4 is 15.9 Å². The fourth-order valence-corrected chi connectivity index (χ4v) is 4.60. The molecule has 1 aromatic carbocycles. The van der Waals surface area contributed by atoms with Crippen LogP contribution in [0.2, 0.25) is 0 Å². The van der Waals surface area contributed by atoms with Crippen LogP contribution < -0.4 is 0 Å². The first-order chi connectivity index (χ1) is 15.0. The summed E-state index contributed by atoms with van der Waals surface area (Å²) in [6.45, 7) is 5.83. The highest BCUT2D eigenvalue weighted by atomic mass is 32.2. The molecule has 10 heteroatoms. The average Bonchev–Trinajstić information content (AvgIpc) is 3.17. The molecule has 0 unspecified atom stereocenters. The van der Waals surface area contributed by atoms with Gasteiger partial charge in [-0.3, -0.25) is 0 Å². The Bertz CT molecular complexity index is 1270. The second-order valence-electron chi connectivity index (χ2n) is 8.38. The summed E-state index contributed by atoms with van der Waals surface area (Å²) >= 11 is 0. The molecule has 1 amide bonds. The third kappa shape index (κ3) is 4.95. The molecule has 0 aliphatic heterocycles. The minimum absolute atomic E-state index is 0.00329. The van der Waals surface area contributed by atoms with Gasteiger partial charge in [-0.2, -0.15) is 10.4 Å². The summed E-state index contributed by atoms with van der Waals surface area (Å²) in [5.41, 5.74) is 0.112. The zero-order valence-corrected chi connectivity index (χ0v) is 18.7. The summed E-state index contributed by atoms with van der Waals surface area (Å²) in [7, 11) is -4.02. The van der Waals surface area contributed by atoms with Gasteiger partial charge in [0.05, 0.1) is 17.1 Å². The number of carboxylic acid groups (broad SMARTS) is 1. The van der Waals surface area contributed by atoms with Crippen LogP contribution in [0.25, 0.3) is 5.69 Å². The van der Waals surface area contributed by atoms with Gasteiger partial charge < -0.3 is 10.0 Å². The summed E-state index contributed by atoms with van der Waals surface area (Å²) in [5, 5.41) is 23.3. The number of sulfone groups is 1. The molecule has 3 rings (SSSR count). The van der Waals surface area contributed by atoms with Crippen LogP contribution in [0.1, 0.15) is 32.2 Å². The molecular formula is C22H23N5O4S. The Labute approximate surface area is 186 Å². The van der Waals surface area contributed by atoms with Crippen LogP contribution >= 0.6 is 0 Å². The molecule has 0 atom stereocenters. The van der Waals surface area contributed by atoms with Gasteiger partial charge in [0.2, 0.25) is 9.84 Å². The molecule has 2 heterocycles. The Morgan fingerprint density at radius 2 is 1.88 bits per heavy atom. The van der Waals surface area contributed by atoms with Gasteiger partial charge in [-0.15, -0.1) is 0 Å². The van der Waals surface area contributed by atoms with Crippen molar-refractivity contribution in [3.05, 3.63) is 66.1 Å². The van der Waals surface area contributed by atoms with Crippen LogP contribution in [0.3, 0.4) is 0 Å². The van der Waals surface area contributed by atoms with Crippen molar-refractivity contribution in [3.8, 4) is 11.8 Å². The molecular weight excluding hydrogens is 430 g/mol. The average molecular weight is 454 g/mol. The molecule has 0 saturated carbocycles. The van der Waals surface area contributed by atoms with Crippen molar-refractivity contribution in [2.45, 2.75) is 37.2 Å². The van der Waals surface area contributed by atoms with Crippen LogP contribution in [-0.4, -0.2) is 45.8 Å². The molecule has 32 heavy (non-hydrogen) atoms. The van der Waals surface area contributed by atoms with Gasteiger partial charge in [-0.1, -0.05) is 39.0 Å². The highest BCUT2D eigenvalue weighted by Crippen LogP contribution is 2.26. The summed E-state index contributed by atoms with van der Waals surface area (Å²) in [6.07, 6.45) is 0.286. The normalized spacial score (nSPS) is 11.7. The first kappa shape index (κ1) is 23.0. The van der Waals surface area contributed by atoms with Crippen molar-refractivity contribution in [2.75, 3.05) is 6.54 Å². The quantitative estimate of drug-likeness (QED) is 0.605. The van der Waals surface area contributed by atoms with E-state index in [-0.39, 0.29) is 45.5 Å². The highest BCUT2D eigenvalue weighted by Gasteiger charge is 2.28. The van der Waals surface area contributed by atoms with Gasteiger partial charge in [0, 0.05) is 18.8 Å². The second-order valence-corrected chi connectivity index (χ2v) is 10.3. The molecule has 0 aliphatic rings. The molecule has 1 N–H and O–H groups in total. The maximum absolute atomic E-state index is 13.4. The largest absolute Gasteiger partial charge is 0.465 e. The molecule has 0 saturated heterocycles. The monoisotopic (exact) mass is 453 g/mol. The smallest absolute Gasteiger partial charge is 0.407 e. The van der Waals surface area contributed by atoms with Gasteiger partial charge in [-0.05, 0) is 29.7 Å². The molecule has 0 aliphatic carbocycles. The van der Waals surface area contributed by atoms with Crippen molar-refractivity contribution < 1.29 is 18.3 Å². The van der Waals surface area contributed by atoms with Gasteiger partial charge in [0.15, 0.2) is 10.7 Å². The van der Waals surface area contributed by atoms with E-state index in [1.54, 1.807) is 24.3 Å². The number of carbonyl (C=O) groups is 1. The third-order valence-electron chi connectivity index (χ3n) is 4.47. The molecule has 0 spiro atoms. The summed E-state index contributed by atoms with van der Waals surface area (Å²) < 4.78 is 27.9. The minimum atomic E-state index is -4.02. The van der Waals surface area contributed by atoms with Crippen LogP contribution in [0, 0.1) is 16.7 Å². The van der Waals surface area contributed by atoms with E-state index in [4.69, 9.17) is 0 Å². The number of rotatable bonds is 6. The fraction of sp³-hybridized carbons (Fsp3) is 0.273. The van der Waals surface area contributed by atoms with E-state index in [0.29, 0.717) is 0 Å². The molecule has 2 aromatic heterocycles. The molecule has 166 valence electrons. The van der Waals surface area contributed by atoms with E-state index in [1.165, 1.54) is 35.4 Å². The fourth-order valence-electron chi connectivity index (χ4n) is 3.19. The topological polar surface area (TPSA) is 129 Å². The van der Waals surface area contributed by atoms with E-state index >= 15 is 0 Å². The van der Waals surface area contributed by atoms with Crippen LogP contribution in [0.4, 0.5) is 4.79 Å². The van der Waals surface area contributed by atoms with Gasteiger partial charge >= 0.3 is 6.09 Å². The summed E-state index contributed by atoms with van der Waals surface area (Å²) in [4.78, 5) is 17.0. The Morgan fingerprint density at radius 1 is 1.19 bits per heavy atom. The molecule has 0 fully saturated rings. The highest BCUT2D eigenvalue weighted by molar-refractivity contribution is 7.91. The predicted molar refractivity (Wildman–Crippen MR) is 116 cm³/mol. The lowest BCUT2D eigenvalue weighted by Gasteiger charge is -2.27. The number of amides is 1. The summed E-state index contributed by atoms with van der Waals surface area (Å²) in [6, 6.07) is 14.2. The summed E-state index contributed by atoms with van der Waals surface area (Å²) in [5.74, 6) is 0. The van der Waals surface area contributed by atoms with Crippen molar-refractivity contribution in [1.82, 2.24) is 19.7 Å². The number of nitrogens with zero attached hydrogens (tertiary/aromatic N) is 5. The van der Waals surface area contributed by atoms with Crippen molar-refractivity contribution in [1.29, 1.82) is 5.26 Å². The lowest BCUT2D eigenvalue weighted by molar-refractivity contribution is 0.122. The molecule has 0 radical (unpaired) electrons. The zero-order valence-electron chi connectivity index (χ0n) is 17.9. The van der Waals surface area contributed by atoms with E-state index < -0.39 is 15.9 Å². The van der Waals surface area contributed by atoms with Crippen LogP contribution in [0.15, 0.2) is 64.6 Å².